The van der Waals surface area contributed by atoms with Gasteiger partial charge in [0.05, 0.1) is 5.69 Å². The quantitative estimate of drug-likeness (QED) is 0.343. The summed E-state index contributed by atoms with van der Waals surface area (Å²) in [5.41, 5.74) is -2.44. The van der Waals surface area contributed by atoms with E-state index < -0.39 is 29.3 Å². The molecule has 29 heavy (non-hydrogen) atoms. The summed E-state index contributed by atoms with van der Waals surface area (Å²) in [6.07, 6.45) is -4.92. The van der Waals surface area contributed by atoms with E-state index in [0.29, 0.717) is 15.5 Å². The highest BCUT2D eigenvalue weighted by molar-refractivity contribution is 7.99. The zero-order valence-corrected chi connectivity index (χ0v) is 16.2. The molecule has 1 heterocycles. The van der Waals surface area contributed by atoms with Crippen molar-refractivity contribution in [2.24, 2.45) is 0 Å². The van der Waals surface area contributed by atoms with Crippen molar-refractivity contribution in [3.05, 3.63) is 70.8 Å². The summed E-state index contributed by atoms with van der Waals surface area (Å²) in [6.45, 7) is 0.107. The monoisotopic (exact) mass is 444 g/mol. The van der Waals surface area contributed by atoms with Crippen molar-refractivity contribution >= 4 is 29.3 Å². The van der Waals surface area contributed by atoms with Crippen LogP contribution in [0.25, 0.3) is 5.69 Å². The molecule has 1 amide bonds. The van der Waals surface area contributed by atoms with E-state index in [1.54, 1.807) is 24.3 Å². The first-order chi connectivity index (χ1) is 13.8. The molecule has 3 rings (SSSR count). The third-order valence-corrected chi connectivity index (χ3v) is 4.94. The van der Waals surface area contributed by atoms with Gasteiger partial charge in [0.25, 0.3) is 5.91 Å². The highest BCUT2D eigenvalue weighted by Crippen LogP contribution is 2.32. The van der Waals surface area contributed by atoms with E-state index in [1.807, 2.05) is 0 Å². The predicted octanol–water partition coefficient (Wildman–Crippen LogP) is 4.60. The first-order valence-electron chi connectivity index (χ1n) is 8.21. The fourth-order valence-corrected chi connectivity index (χ4v) is 3.32. The van der Waals surface area contributed by atoms with Gasteiger partial charge in [-0.1, -0.05) is 22.9 Å². The topological polar surface area (TPSA) is 59.8 Å². The predicted molar refractivity (Wildman–Crippen MR) is 101 cm³/mol. The van der Waals surface area contributed by atoms with Crippen molar-refractivity contribution in [3.8, 4) is 5.69 Å². The second-order valence-corrected chi connectivity index (χ2v) is 7.34. The number of carbonyl (C=O) groups excluding carboxylic acids is 1. The van der Waals surface area contributed by atoms with E-state index in [9.17, 15) is 22.4 Å². The lowest BCUT2D eigenvalue weighted by atomic mass is 10.2. The summed E-state index contributed by atoms with van der Waals surface area (Å²) in [4.78, 5) is 13.2. The van der Waals surface area contributed by atoms with Crippen LogP contribution < -0.4 is 5.32 Å². The Kier molecular flexibility index (Phi) is 6.43. The van der Waals surface area contributed by atoms with E-state index >= 15 is 0 Å². The molecule has 5 nitrogen and oxygen atoms in total. The van der Waals surface area contributed by atoms with Gasteiger partial charge in [0.1, 0.15) is 5.82 Å². The lowest BCUT2D eigenvalue weighted by Gasteiger charge is -2.11. The number of thioether (sulfide) groups is 1. The molecule has 152 valence electrons. The van der Waals surface area contributed by atoms with Crippen LogP contribution in [0.15, 0.2) is 53.4 Å². The minimum absolute atomic E-state index is 0.107. The largest absolute Gasteiger partial charge is 0.435 e. The number of nitrogens with one attached hydrogen (secondary N) is 1. The van der Waals surface area contributed by atoms with E-state index in [2.05, 4.69) is 15.6 Å². The number of carbonyl (C=O) groups is 1. The summed E-state index contributed by atoms with van der Waals surface area (Å²) in [6, 6.07) is 11.4. The van der Waals surface area contributed by atoms with Gasteiger partial charge in [-0.05, 0) is 42.5 Å². The summed E-state index contributed by atoms with van der Waals surface area (Å²) >= 11 is 7.20. The molecule has 2 aromatic carbocycles. The van der Waals surface area contributed by atoms with E-state index in [-0.39, 0.29) is 12.2 Å². The maximum atomic E-state index is 13.5. The van der Waals surface area contributed by atoms with E-state index in [1.165, 1.54) is 23.9 Å². The van der Waals surface area contributed by atoms with Crippen molar-refractivity contribution in [2.45, 2.75) is 11.1 Å². The fourth-order valence-electron chi connectivity index (χ4n) is 2.43. The van der Waals surface area contributed by atoms with Gasteiger partial charge in [-0.3, -0.25) is 4.79 Å². The number of rotatable bonds is 6. The molecule has 1 N–H and O–H groups in total. The number of amides is 1. The lowest BCUT2D eigenvalue weighted by Crippen LogP contribution is -2.29. The average Bonchev–Trinajstić information content (AvgIpc) is 3.12. The molecule has 3 aromatic rings. The van der Waals surface area contributed by atoms with E-state index in [4.69, 9.17) is 11.6 Å². The van der Waals surface area contributed by atoms with E-state index in [0.717, 1.165) is 17.0 Å². The van der Waals surface area contributed by atoms with Crippen molar-refractivity contribution < 1.29 is 22.4 Å². The minimum atomic E-state index is -4.92. The molecule has 0 aliphatic carbocycles. The average molecular weight is 445 g/mol. The summed E-state index contributed by atoms with van der Waals surface area (Å²) in [7, 11) is 0. The van der Waals surface area contributed by atoms with Crippen LogP contribution in [0.5, 0.6) is 0 Å². The molecule has 0 radical (unpaired) electrons. The first-order valence-corrected chi connectivity index (χ1v) is 9.57. The Bertz CT molecular complexity index is 1010. The number of alkyl halides is 3. The third-order valence-electron chi connectivity index (χ3n) is 3.68. The molecule has 0 aliphatic rings. The molecule has 0 spiro atoms. The van der Waals surface area contributed by atoms with Gasteiger partial charge in [0.2, 0.25) is 0 Å². The van der Waals surface area contributed by atoms with Crippen molar-refractivity contribution in [3.63, 3.8) is 0 Å². The van der Waals surface area contributed by atoms with Crippen LogP contribution in [0.4, 0.5) is 17.6 Å². The number of hydrogen-bond acceptors (Lipinski definition) is 4. The van der Waals surface area contributed by atoms with Gasteiger partial charge in [0, 0.05) is 22.2 Å². The lowest BCUT2D eigenvalue weighted by molar-refractivity contribution is -0.143. The van der Waals surface area contributed by atoms with Gasteiger partial charge >= 0.3 is 6.18 Å². The fraction of sp³-hybridized carbons (Fsp3) is 0.167. The second-order valence-electron chi connectivity index (χ2n) is 5.73. The van der Waals surface area contributed by atoms with Gasteiger partial charge < -0.3 is 5.32 Å². The molecule has 0 fully saturated rings. The Hall–Kier alpha value is -2.59. The molecule has 0 atom stereocenters. The van der Waals surface area contributed by atoms with Gasteiger partial charge in [-0.15, -0.1) is 16.9 Å². The Morgan fingerprint density at radius 1 is 1.17 bits per heavy atom. The Morgan fingerprint density at radius 2 is 1.90 bits per heavy atom. The normalized spacial score (nSPS) is 11.5. The summed E-state index contributed by atoms with van der Waals surface area (Å²) < 4.78 is 54.4. The molecule has 0 saturated heterocycles. The van der Waals surface area contributed by atoms with Crippen LogP contribution >= 0.6 is 23.4 Å². The molecular formula is C18H13ClF4N4OS. The van der Waals surface area contributed by atoms with Crippen molar-refractivity contribution in [1.29, 1.82) is 0 Å². The van der Waals surface area contributed by atoms with Crippen LogP contribution in [0, 0.1) is 5.82 Å². The first kappa shape index (κ1) is 21.1. The second kappa shape index (κ2) is 8.83. The number of nitrogens with zero attached hydrogens (tertiary/aromatic N) is 3. The van der Waals surface area contributed by atoms with Crippen molar-refractivity contribution in [1.82, 2.24) is 20.3 Å². The zero-order valence-electron chi connectivity index (χ0n) is 14.6. The molecule has 1 aromatic heterocycles. The molecule has 11 heteroatoms. The molecule has 0 aliphatic heterocycles. The Labute approximate surface area is 172 Å². The summed E-state index contributed by atoms with van der Waals surface area (Å²) in [5.74, 6) is -1.33. The third kappa shape index (κ3) is 5.27. The van der Waals surface area contributed by atoms with Crippen LogP contribution in [0.1, 0.15) is 16.2 Å². The maximum absolute atomic E-state index is 13.5. The highest BCUT2D eigenvalue weighted by Gasteiger charge is 2.42. The minimum Gasteiger partial charge on any atom is -0.350 e. The zero-order chi connectivity index (χ0) is 21.0. The van der Waals surface area contributed by atoms with Crippen LogP contribution in [0.3, 0.4) is 0 Å². The molecule has 0 bridgehead atoms. The molecule has 0 saturated carbocycles. The summed E-state index contributed by atoms with van der Waals surface area (Å²) in [5, 5.41) is 9.75. The standard InChI is InChI=1S/C18H13ClF4N4OS/c19-11-4-6-14(7-5-11)29-9-8-24-17(28)15-16(18(21,22)23)27(26-25-15)13-3-1-2-12(20)10-13/h1-7,10H,8-9H2,(H,24,28). The van der Waals surface area contributed by atoms with Crippen molar-refractivity contribution in [2.75, 3.05) is 12.3 Å². The SMILES string of the molecule is O=C(NCCSc1ccc(Cl)cc1)c1nnn(-c2cccc(F)c2)c1C(F)(F)F. The Morgan fingerprint density at radius 3 is 2.55 bits per heavy atom. The van der Waals surface area contributed by atoms with Gasteiger partial charge in [-0.2, -0.15) is 13.2 Å². The van der Waals surface area contributed by atoms with Gasteiger partial charge in [0.15, 0.2) is 11.4 Å². The molecule has 0 unspecified atom stereocenters. The maximum Gasteiger partial charge on any atom is 0.435 e. The van der Waals surface area contributed by atoms with Gasteiger partial charge in [-0.25, -0.2) is 9.07 Å². The number of benzene rings is 2. The van der Waals surface area contributed by atoms with Crippen LogP contribution in [-0.4, -0.2) is 33.2 Å². The smallest absolute Gasteiger partial charge is 0.350 e. The molecular weight excluding hydrogens is 432 g/mol. The number of aromatic nitrogens is 3. The highest BCUT2D eigenvalue weighted by atomic mass is 35.5. The van der Waals surface area contributed by atoms with Crippen LogP contribution in [0.2, 0.25) is 5.02 Å². The number of halogens is 5. The Balaban J connectivity index is 1.72. The number of hydrogen-bond donors (Lipinski definition) is 1. The van der Waals surface area contributed by atoms with Crippen LogP contribution in [-0.2, 0) is 6.18 Å².